The number of anilines is 2. The van der Waals surface area contributed by atoms with Gasteiger partial charge >= 0.3 is 5.97 Å². The Bertz CT molecular complexity index is 974. The molecule has 0 N–H and O–H groups in total. The summed E-state index contributed by atoms with van der Waals surface area (Å²) in [5.41, 5.74) is 4.58. The quantitative estimate of drug-likeness (QED) is 0.643. The molecule has 1 aliphatic rings. The Morgan fingerprint density at radius 3 is 2.39 bits per heavy atom. The summed E-state index contributed by atoms with van der Waals surface area (Å²) in [5.74, 6) is 0.0208. The number of aromatic nitrogens is 4. The lowest BCUT2D eigenvalue weighted by molar-refractivity contribution is 0.0601. The van der Waals surface area contributed by atoms with E-state index in [4.69, 9.17) is 4.74 Å². The predicted molar refractivity (Wildman–Crippen MR) is 107 cm³/mol. The average Bonchev–Trinajstić information content (AvgIpc) is 3.21. The lowest BCUT2D eigenvalue weighted by Crippen LogP contribution is -2.46. The molecule has 0 spiro atoms. The van der Waals surface area contributed by atoms with Crippen molar-refractivity contribution >= 4 is 23.0 Å². The summed E-state index contributed by atoms with van der Waals surface area (Å²) in [6.07, 6.45) is 1.66. The first kappa shape index (κ1) is 18.2. The first-order valence-corrected chi connectivity index (χ1v) is 9.46. The number of rotatable bonds is 4. The number of ether oxygens (including phenoxy) is 1. The fourth-order valence-corrected chi connectivity index (χ4v) is 3.48. The van der Waals surface area contributed by atoms with Crippen molar-refractivity contribution in [1.29, 1.82) is 0 Å². The summed E-state index contributed by atoms with van der Waals surface area (Å²) in [5, 5.41) is 12.9. The van der Waals surface area contributed by atoms with Gasteiger partial charge in [0.1, 0.15) is 6.33 Å². The van der Waals surface area contributed by atoms with E-state index in [9.17, 15) is 4.79 Å². The Balaban J connectivity index is 1.51. The topological polar surface area (TPSA) is 75.9 Å². The molecule has 0 unspecified atom stereocenters. The monoisotopic (exact) mass is 380 g/mol. The van der Waals surface area contributed by atoms with Crippen LogP contribution in [0, 0.1) is 0 Å². The molecular formula is C20H24N6O2. The van der Waals surface area contributed by atoms with Gasteiger partial charge in [0.15, 0.2) is 0 Å². The molecule has 0 aliphatic carbocycles. The molecule has 0 amide bonds. The van der Waals surface area contributed by atoms with E-state index in [1.165, 1.54) is 7.11 Å². The smallest absolute Gasteiger partial charge is 0.337 e. The van der Waals surface area contributed by atoms with Crippen LogP contribution in [0.4, 0.5) is 11.4 Å². The number of nitrogens with zero attached hydrogens (tertiary/aromatic N) is 6. The van der Waals surface area contributed by atoms with Crippen LogP contribution in [0.3, 0.4) is 0 Å². The summed E-state index contributed by atoms with van der Waals surface area (Å²) >= 11 is 0. The fourth-order valence-electron chi connectivity index (χ4n) is 3.48. The van der Waals surface area contributed by atoms with Crippen LogP contribution in [-0.2, 0) is 4.74 Å². The molecule has 0 bridgehead atoms. The van der Waals surface area contributed by atoms with Crippen molar-refractivity contribution in [2.24, 2.45) is 0 Å². The summed E-state index contributed by atoms with van der Waals surface area (Å²) in [7, 11) is 1.39. The van der Waals surface area contributed by atoms with Gasteiger partial charge in [-0.05, 0) is 36.2 Å². The molecule has 2 aromatic heterocycles. The zero-order valence-corrected chi connectivity index (χ0v) is 16.4. The third kappa shape index (κ3) is 3.37. The minimum Gasteiger partial charge on any atom is -0.465 e. The van der Waals surface area contributed by atoms with Crippen molar-refractivity contribution in [3.63, 3.8) is 0 Å². The minimum atomic E-state index is -0.313. The standard InChI is InChI=1S/C20H24N6O2/c1-14(2)17-12-18(19-22-21-13-26(19)23-17)25-10-8-24(9-11-25)16-6-4-15(5-7-16)20(27)28-3/h4-7,12-14H,8-11H2,1-3H3. The highest BCUT2D eigenvalue weighted by atomic mass is 16.5. The molecule has 146 valence electrons. The third-order valence-electron chi connectivity index (χ3n) is 5.13. The van der Waals surface area contributed by atoms with Crippen molar-refractivity contribution in [2.45, 2.75) is 19.8 Å². The van der Waals surface area contributed by atoms with E-state index in [1.807, 2.05) is 24.3 Å². The average molecular weight is 380 g/mol. The summed E-state index contributed by atoms with van der Waals surface area (Å²) in [6.45, 7) is 7.80. The van der Waals surface area contributed by atoms with Crippen molar-refractivity contribution < 1.29 is 9.53 Å². The van der Waals surface area contributed by atoms with Crippen LogP contribution in [0.25, 0.3) is 5.65 Å². The lowest BCUT2D eigenvalue weighted by Gasteiger charge is -2.37. The maximum absolute atomic E-state index is 11.6. The zero-order valence-electron chi connectivity index (χ0n) is 16.4. The SMILES string of the molecule is COC(=O)c1ccc(N2CCN(c3cc(C(C)C)nn4cnnc34)CC2)cc1. The number of piperazine rings is 1. The van der Waals surface area contributed by atoms with E-state index < -0.39 is 0 Å². The molecule has 0 radical (unpaired) electrons. The van der Waals surface area contributed by atoms with Crippen molar-refractivity contribution in [2.75, 3.05) is 43.1 Å². The number of benzene rings is 1. The summed E-state index contributed by atoms with van der Waals surface area (Å²) in [6, 6.07) is 9.70. The van der Waals surface area contributed by atoms with E-state index in [2.05, 4.69) is 45.0 Å². The normalized spacial score (nSPS) is 14.7. The van der Waals surface area contributed by atoms with Crippen LogP contribution >= 0.6 is 0 Å². The minimum absolute atomic E-state index is 0.313. The number of fused-ring (bicyclic) bond motifs is 1. The highest BCUT2D eigenvalue weighted by molar-refractivity contribution is 5.89. The Morgan fingerprint density at radius 1 is 1.07 bits per heavy atom. The molecule has 1 saturated heterocycles. The maximum atomic E-state index is 11.6. The number of esters is 1. The van der Waals surface area contributed by atoms with Gasteiger partial charge in [-0.3, -0.25) is 0 Å². The Kier molecular flexibility index (Phi) is 4.85. The largest absolute Gasteiger partial charge is 0.465 e. The van der Waals surface area contributed by atoms with Gasteiger partial charge in [0.05, 0.1) is 24.1 Å². The number of carbonyl (C=O) groups excluding carboxylic acids is 1. The first-order valence-electron chi connectivity index (χ1n) is 9.46. The van der Waals surface area contributed by atoms with Gasteiger partial charge in [-0.15, -0.1) is 10.2 Å². The Hall–Kier alpha value is -3.16. The van der Waals surface area contributed by atoms with Crippen LogP contribution in [0.5, 0.6) is 0 Å². The molecule has 8 nitrogen and oxygen atoms in total. The van der Waals surface area contributed by atoms with E-state index in [0.29, 0.717) is 11.5 Å². The van der Waals surface area contributed by atoms with Crippen molar-refractivity contribution in [3.05, 3.63) is 47.9 Å². The second kappa shape index (κ2) is 7.46. The number of methoxy groups -OCH3 is 1. The highest BCUT2D eigenvalue weighted by Crippen LogP contribution is 2.26. The van der Waals surface area contributed by atoms with Gasteiger partial charge in [0, 0.05) is 31.9 Å². The summed E-state index contributed by atoms with van der Waals surface area (Å²) < 4.78 is 6.53. The number of carbonyl (C=O) groups is 1. The fraction of sp³-hybridized carbons (Fsp3) is 0.400. The van der Waals surface area contributed by atoms with Gasteiger partial charge in [-0.2, -0.15) is 9.61 Å². The van der Waals surface area contributed by atoms with E-state index in [1.54, 1.807) is 10.8 Å². The second-order valence-corrected chi connectivity index (χ2v) is 7.22. The molecule has 1 aromatic carbocycles. The van der Waals surface area contributed by atoms with E-state index >= 15 is 0 Å². The summed E-state index contributed by atoms with van der Waals surface area (Å²) in [4.78, 5) is 16.3. The van der Waals surface area contributed by atoms with Crippen molar-refractivity contribution in [3.8, 4) is 0 Å². The van der Waals surface area contributed by atoms with Gasteiger partial charge in [0.25, 0.3) is 0 Å². The van der Waals surface area contributed by atoms with Gasteiger partial charge in [-0.25, -0.2) is 4.79 Å². The van der Waals surface area contributed by atoms with Gasteiger partial charge < -0.3 is 14.5 Å². The third-order valence-corrected chi connectivity index (χ3v) is 5.13. The molecular weight excluding hydrogens is 356 g/mol. The molecule has 1 fully saturated rings. The maximum Gasteiger partial charge on any atom is 0.337 e. The zero-order chi connectivity index (χ0) is 19.7. The van der Waals surface area contributed by atoms with Gasteiger partial charge in [0.2, 0.25) is 5.65 Å². The number of hydrogen-bond acceptors (Lipinski definition) is 7. The van der Waals surface area contributed by atoms with Crippen molar-refractivity contribution in [1.82, 2.24) is 19.8 Å². The first-order chi connectivity index (χ1) is 13.6. The highest BCUT2D eigenvalue weighted by Gasteiger charge is 2.22. The molecule has 4 rings (SSSR count). The van der Waals surface area contributed by atoms with E-state index in [-0.39, 0.29) is 5.97 Å². The molecule has 3 aromatic rings. The Labute approximate surface area is 163 Å². The molecule has 8 heteroatoms. The molecule has 0 saturated carbocycles. The van der Waals surface area contributed by atoms with E-state index in [0.717, 1.165) is 48.9 Å². The van der Waals surface area contributed by atoms with Crippen LogP contribution in [0.15, 0.2) is 36.7 Å². The van der Waals surface area contributed by atoms with Crippen LogP contribution < -0.4 is 9.80 Å². The second-order valence-electron chi connectivity index (χ2n) is 7.22. The molecule has 1 aliphatic heterocycles. The van der Waals surface area contributed by atoms with Crippen LogP contribution in [0.1, 0.15) is 35.8 Å². The predicted octanol–water partition coefficient (Wildman–Crippen LogP) is 2.36. The van der Waals surface area contributed by atoms with Crippen LogP contribution in [-0.4, -0.2) is 59.1 Å². The molecule has 3 heterocycles. The molecule has 0 atom stereocenters. The van der Waals surface area contributed by atoms with Gasteiger partial charge in [-0.1, -0.05) is 13.8 Å². The van der Waals surface area contributed by atoms with Crippen LogP contribution in [0.2, 0.25) is 0 Å². The Morgan fingerprint density at radius 2 is 1.75 bits per heavy atom. The molecule has 28 heavy (non-hydrogen) atoms. The number of hydrogen-bond donors (Lipinski definition) is 0. The lowest BCUT2D eigenvalue weighted by atomic mass is 10.1.